The van der Waals surface area contributed by atoms with E-state index in [2.05, 4.69) is 5.32 Å². The number of hydrogen-bond acceptors (Lipinski definition) is 5. The Morgan fingerprint density at radius 1 is 0.897 bits per heavy atom. The van der Waals surface area contributed by atoms with E-state index in [1.165, 1.54) is 24.1 Å². The lowest BCUT2D eigenvalue weighted by molar-refractivity contribution is -0.140. The van der Waals surface area contributed by atoms with Crippen LogP contribution in [0.25, 0.3) is 0 Å². The van der Waals surface area contributed by atoms with Crippen LogP contribution in [0.4, 0.5) is 5.69 Å². The lowest BCUT2D eigenvalue weighted by atomic mass is 10.1. The Bertz CT molecular complexity index is 1330. The van der Waals surface area contributed by atoms with Gasteiger partial charge in [0.15, 0.2) is 0 Å². The lowest BCUT2D eigenvalue weighted by Gasteiger charge is -2.33. The highest BCUT2D eigenvalue weighted by Gasteiger charge is 2.34. The molecule has 1 N–H and O–H groups in total. The second-order valence-corrected chi connectivity index (χ2v) is 11.4. The maximum atomic E-state index is 14.1. The Kier molecular flexibility index (Phi) is 10.5. The average Bonchev–Trinajstić information content (AvgIpc) is 2.95. The first-order valence-electron chi connectivity index (χ1n) is 13.0. The number of benzene rings is 3. The fraction of sp³-hybridized carbons (Fsp3) is 0.333. The summed E-state index contributed by atoms with van der Waals surface area (Å²) in [5.41, 5.74) is 1.06. The lowest BCUT2D eigenvalue weighted by Crippen LogP contribution is -2.52. The van der Waals surface area contributed by atoms with Crippen molar-refractivity contribution in [2.75, 3.05) is 24.5 Å². The number of hydrogen-bond donors (Lipinski definition) is 1. The highest BCUT2D eigenvalue weighted by Crippen LogP contribution is 2.32. The maximum absolute atomic E-state index is 14.1. The maximum Gasteiger partial charge on any atom is 0.264 e. The van der Waals surface area contributed by atoms with Gasteiger partial charge >= 0.3 is 0 Å². The van der Waals surface area contributed by atoms with Crippen molar-refractivity contribution in [1.29, 1.82) is 0 Å². The average molecular weight is 552 g/mol. The number of nitrogens with zero attached hydrogens (tertiary/aromatic N) is 2. The van der Waals surface area contributed by atoms with Crippen molar-refractivity contribution < 1.29 is 22.7 Å². The molecule has 208 valence electrons. The van der Waals surface area contributed by atoms with Gasteiger partial charge in [0.2, 0.25) is 11.8 Å². The smallest absolute Gasteiger partial charge is 0.264 e. The SMILES string of the molecule is CC[C@H](C(=O)NCC(C)C)N(Cc1ccccc1)C(=O)CN(c1ccccc1OC)S(=O)(=O)c1ccccc1. The molecule has 8 nitrogen and oxygen atoms in total. The first-order chi connectivity index (χ1) is 18.7. The third-order valence-electron chi connectivity index (χ3n) is 6.23. The number of para-hydroxylation sites is 2. The van der Waals surface area contributed by atoms with Gasteiger partial charge in [-0.05, 0) is 42.2 Å². The normalized spacial score (nSPS) is 12.0. The molecule has 0 aromatic heterocycles. The standard InChI is InChI=1S/C30H37N3O5S/c1-5-26(30(35)31-20-23(2)3)32(21-24-14-8-6-9-15-24)29(34)22-33(27-18-12-13-19-28(27)38-4)39(36,37)25-16-10-7-11-17-25/h6-19,23,26H,5,20-22H2,1-4H3,(H,31,35)/t26-/m1/s1. The van der Waals surface area contributed by atoms with Gasteiger partial charge in [0.25, 0.3) is 10.0 Å². The van der Waals surface area contributed by atoms with Crippen molar-refractivity contribution in [1.82, 2.24) is 10.2 Å². The van der Waals surface area contributed by atoms with Crippen LogP contribution in [0.1, 0.15) is 32.8 Å². The quantitative estimate of drug-likeness (QED) is 0.338. The molecular weight excluding hydrogens is 514 g/mol. The first-order valence-corrected chi connectivity index (χ1v) is 14.4. The van der Waals surface area contributed by atoms with Crippen LogP contribution in [0.15, 0.2) is 89.8 Å². The topological polar surface area (TPSA) is 96.0 Å². The van der Waals surface area contributed by atoms with Gasteiger partial charge in [-0.2, -0.15) is 0 Å². The molecule has 3 rings (SSSR count). The van der Waals surface area contributed by atoms with E-state index in [9.17, 15) is 18.0 Å². The summed E-state index contributed by atoms with van der Waals surface area (Å²) in [5, 5.41) is 2.93. The molecule has 1 atom stereocenters. The molecule has 0 spiro atoms. The van der Waals surface area contributed by atoms with Crippen molar-refractivity contribution in [3.8, 4) is 5.75 Å². The molecule has 0 heterocycles. The van der Waals surface area contributed by atoms with E-state index in [-0.39, 0.29) is 29.0 Å². The molecule has 0 unspecified atom stereocenters. The Morgan fingerprint density at radius 2 is 1.49 bits per heavy atom. The molecule has 0 saturated carbocycles. The summed E-state index contributed by atoms with van der Waals surface area (Å²) in [5.74, 6) is -0.232. The highest BCUT2D eigenvalue weighted by molar-refractivity contribution is 7.92. The van der Waals surface area contributed by atoms with Gasteiger partial charge in [0, 0.05) is 13.1 Å². The molecule has 3 aromatic carbocycles. The second-order valence-electron chi connectivity index (χ2n) is 9.57. The van der Waals surface area contributed by atoms with Crippen LogP contribution < -0.4 is 14.4 Å². The predicted molar refractivity (Wildman–Crippen MR) is 153 cm³/mol. The number of sulfonamides is 1. The zero-order valence-corrected chi connectivity index (χ0v) is 23.7. The Balaban J connectivity index is 2.05. The van der Waals surface area contributed by atoms with Crippen LogP contribution >= 0.6 is 0 Å². The van der Waals surface area contributed by atoms with Gasteiger partial charge < -0.3 is 15.0 Å². The largest absolute Gasteiger partial charge is 0.495 e. The minimum Gasteiger partial charge on any atom is -0.495 e. The van der Waals surface area contributed by atoms with Crippen molar-refractivity contribution in [3.63, 3.8) is 0 Å². The van der Waals surface area contributed by atoms with E-state index >= 15 is 0 Å². The van der Waals surface area contributed by atoms with Crippen LogP contribution in [-0.2, 0) is 26.2 Å². The molecule has 0 fully saturated rings. The minimum atomic E-state index is -4.16. The molecule has 0 bridgehead atoms. The van der Waals surface area contributed by atoms with Crippen molar-refractivity contribution in [2.24, 2.45) is 5.92 Å². The van der Waals surface area contributed by atoms with Crippen LogP contribution in [0.3, 0.4) is 0 Å². The number of rotatable bonds is 13. The highest BCUT2D eigenvalue weighted by atomic mass is 32.2. The predicted octanol–water partition coefficient (Wildman–Crippen LogP) is 4.47. The first kappa shape index (κ1) is 29.7. The van der Waals surface area contributed by atoms with Gasteiger partial charge in [0.1, 0.15) is 18.3 Å². The van der Waals surface area contributed by atoms with Gasteiger partial charge in [-0.25, -0.2) is 8.42 Å². The van der Waals surface area contributed by atoms with Gasteiger partial charge in [-0.15, -0.1) is 0 Å². The summed E-state index contributed by atoms with van der Waals surface area (Å²) in [4.78, 5) is 28.8. The molecular formula is C30H37N3O5S. The van der Waals surface area contributed by atoms with Crippen LogP contribution in [0, 0.1) is 5.92 Å². The third-order valence-corrected chi connectivity index (χ3v) is 8.00. The van der Waals surface area contributed by atoms with E-state index in [4.69, 9.17) is 4.74 Å². The monoisotopic (exact) mass is 551 g/mol. The Morgan fingerprint density at radius 3 is 2.08 bits per heavy atom. The molecule has 0 radical (unpaired) electrons. The number of carbonyl (C=O) groups is 2. The number of amides is 2. The van der Waals surface area contributed by atoms with Crippen molar-refractivity contribution >= 4 is 27.5 Å². The van der Waals surface area contributed by atoms with Crippen LogP contribution in [0.2, 0.25) is 0 Å². The zero-order valence-electron chi connectivity index (χ0n) is 22.9. The molecule has 0 saturated heterocycles. The molecule has 3 aromatic rings. The molecule has 0 aliphatic heterocycles. The molecule has 39 heavy (non-hydrogen) atoms. The summed E-state index contributed by atoms with van der Waals surface area (Å²) in [6.45, 7) is 5.93. The van der Waals surface area contributed by atoms with Gasteiger partial charge in [0.05, 0.1) is 17.7 Å². The number of nitrogens with one attached hydrogen (secondary N) is 1. The van der Waals surface area contributed by atoms with E-state index in [0.717, 1.165) is 9.87 Å². The van der Waals surface area contributed by atoms with Crippen LogP contribution in [-0.4, -0.2) is 51.4 Å². The molecule has 0 aliphatic rings. The molecule has 0 aliphatic carbocycles. The summed E-state index contributed by atoms with van der Waals surface area (Å²) in [6, 6.07) is 23.2. The number of methoxy groups -OCH3 is 1. The van der Waals surface area contributed by atoms with Crippen LogP contribution in [0.5, 0.6) is 5.75 Å². The number of anilines is 1. The molecule has 9 heteroatoms. The summed E-state index contributed by atoms with van der Waals surface area (Å²) >= 11 is 0. The summed E-state index contributed by atoms with van der Waals surface area (Å²) < 4.78 is 34.3. The van der Waals surface area contributed by atoms with Crippen molar-refractivity contribution in [3.05, 3.63) is 90.5 Å². The van der Waals surface area contributed by atoms with Crippen molar-refractivity contribution in [2.45, 2.75) is 44.7 Å². The third kappa shape index (κ3) is 7.60. The molecule has 2 amide bonds. The van der Waals surface area contributed by atoms with E-state index in [1.807, 2.05) is 51.1 Å². The van der Waals surface area contributed by atoms with E-state index in [0.29, 0.717) is 18.7 Å². The summed E-state index contributed by atoms with van der Waals surface area (Å²) in [6.07, 6.45) is 0.364. The Labute approximate surface area is 231 Å². The van der Waals surface area contributed by atoms with Gasteiger partial charge in [-0.3, -0.25) is 13.9 Å². The van der Waals surface area contributed by atoms with E-state index in [1.54, 1.807) is 42.5 Å². The second kappa shape index (κ2) is 13.8. The number of ether oxygens (including phenoxy) is 1. The Hall–Kier alpha value is -3.85. The van der Waals surface area contributed by atoms with Gasteiger partial charge in [-0.1, -0.05) is 81.4 Å². The zero-order chi connectivity index (χ0) is 28.4. The fourth-order valence-corrected chi connectivity index (χ4v) is 5.64. The minimum absolute atomic E-state index is 0.0417. The van der Waals surface area contributed by atoms with E-state index < -0.39 is 28.5 Å². The fourth-order valence-electron chi connectivity index (χ4n) is 4.19. The summed E-state index contributed by atoms with van der Waals surface area (Å²) in [7, 11) is -2.71. The number of carbonyl (C=O) groups excluding carboxylic acids is 2.